The first-order valence-electron chi connectivity index (χ1n) is 18.4. The third-order valence-electron chi connectivity index (χ3n) is 9.58. The first-order valence-corrected chi connectivity index (χ1v) is 18.4. The number of carbonyl (C=O) groups is 6. The zero-order chi connectivity index (χ0) is 38.9. The summed E-state index contributed by atoms with van der Waals surface area (Å²) in [6.07, 6.45) is -0.370. The number of aryl methyl sites for hydroxylation is 1. The predicted octanol–water partition coefficient (Wildman–Crippen LogP) is 1.38. The van der Waals surface area contributed by atoms with E-state index in [4.69, 9.17) is 4.52 Å². The molecule has 5 rings (SSSR count). The van der Waals surface area contributed by atoms with Crippen LogP contribution in [0.4, 0.5) is 0 Å². The maximum absolute atomic E-state index is 14.2. The van der Waals surface area contributed by atoms with Gasteiger partial charge in [-0.25, -0.2) is 0 Å². The first-order chi connectivity index (χ1) is 25.8. The smallest absolute Gasteiger partial charge is 0.257 e. The second-order valence-electron chi connectivity index (χ2n) is 14.4. The van der Waals surface area contributed by atoms with Crippen LogP contribution in [-0.2, 0) is 30.4 Å². The molecule has 0 unspecified atom stereocenters. The van der Waals surface area contributed by atoms with Crippen molar-refractivity contribution in [1.82, 2.24) is 36.6 Å². The van der Waals surface area contributed by atoms with Gasteiger partial charge in [-0.2, -0.15) is 0 Å². The molecule has 2 aliphatic heterocycles. The number of aliphatic hydroxyl groups excluding tert-OH is 1. The molecule has 0 radical (unpaired) electrons. The van der Waals surface area contributed by atoms with Crippen LogP contribution in [-0.4, -0.2) is 100 Å². The van der Waals surface area contributed by atoms with E-state index in [1.807, 2.05) is 26.0 Å². The van der Waals surface area contributed by atoms with Crippen molar-refractivity contribution in [3.05, 3.63) is 77.6 Å². The number of amides is 6. The van der Waals surface area contributed by atoms with Crippen LogP contribution in [0.15, 0.2) is 65.2 Å². The second-order valence-corrected chi connectivity index (χ2v) is 14.4. The highest BCUT2D eigenvalue weighted by atomic mass is 16.5. The van der Waals surface area contributed by atoms with Gasteiger partial charge in [-0.05, 0) is 44.6 Å². The van der Waals surface area contributed by atoms with Crippen molar-refractivity contribution in [3.8, 4) is 11.3 Å². The molecular formula is C39H49N7O8. The third kappa shape index (κ3) is 9.89. The lowest BCUT2D eigenvalue weighted by atomic mass is 10.00. The summed E-state index contributed by atoms with van der Waals surface area (Å²) in [4.78, 5) is 84.0. The summed E-state index contributed by atoms with van der Waals surface area (Å²) in [6, 6.07) is 12.5. The van der Waals surface area contributed by atoms with Crippen molar-refractivity contribution >= 4 is 35.4 Å². The van der Waals surface area contributed by atoms with Crippen molar-refractivity contribution in [1.29, 1.82) is 0 Å². The van der Waals surface area contributed by atoms with E-state index in [1.165, 1.54) is 11.8 Å². The Morgan fingerprint density at radius 3 is 2.26 bits per heavy atom. The summed E-state index contributed by atoms with van der Waals surface area (Å²) in [5.74, 6) is -3.38. The van der Waals surface area contributed by atoms with Gasteiger partial charge in [0.15, 0.2) is 0 Å². The van der Waals surface area contributed by atoms with Crippen LogP contribution in [0, 0.1) is 12.8 Å². The molecule has 3 heterocycles. The molecule has 0 saturated carbocycles. The molecule has 0 spiro atoms. The number of aromatic nitrogens is 1. The van der Waals surface area contributed by atoms with E-state index in [-0.39, 0.29) is 62.4 Å². The van der Waals surface area contributed by atoms with Gasteiger partial charge in [-0.3, -0.25) is 28.8 Å². The van der Waals surface area contributed by atoms with E-state index in [9.17, 15) is 33.9 Å². The van der Waals surface area contributed by atoms with Crippen LogP contribution in [0.3, 0.4) is 0 Å². The fourth-order valence-corrected chi connectivity index (χ4v) is 6.80. The lowest BCUT2D eigenvalue weighted by Crippen LogP contribution is -2.59. The second kappa shape index (κ2) is 18.0. The highest BCUT2D eigenvalue weighted by Gasteiger charge is 2.41. The number of nitrogens with one attached hydrogen (secondary N) is 5. The van der Waals surface area contributed by atoms with Crippen molar-refractivity contribution in [3.63, 3.8) is 0 Å². The van der Waals surface area contributed by atoms with Crippen LogP contribution in [0.5, 0.6) is 0 Å². The Balaban J connectivity index is 1.47. The first kappa shape index (κ1) is 39.6. The molecule has 0 aliphatic carbocycles. The SMILES string of the molecule is Cc1onc(-c2ccccc2)c1C(=O)N[C@H]1CCCNC(=O)[C@@H]2C[C@@H](O)CN2C(=O)[C@H](C)NC(=O)[C@H](CC(C)C)NC(=O)[C@@H](Cc2ccccc2)NC1=O. The van der Waals surface area contributed by atoms with E-state index in [2.05, 4.69) is 31.7 Å². The molecule has 3 aromatic rings. The highest BCUT2D eigenvalue weighted by Crippen LogP contribution is 2.25. The summed E-state index contributed by atoms with van der Waals surface area (Å²) >= 11 is 0. The van der Waals surface area contributed by atoms with E-state index < -0.39 is 71.8 Å². The summed E-state index contributed by atoms with van der Waals surface area (Å²) in [5, 5.41) is 28.4. The van der Waals surface area contributed by atoms with Crippen LogP contribution in [0.2, 0.25) is 0 Å². The number of fused-ring (bicyclic) bond motifs is 1. The van der Waals surface area contributed by atoms with E-state index in [0.717, 1.165) is 5.56 Å². The van der Waals surface area contributed by atoms with Gasteiger partial charge in [-0.1, -0.05) is 79.7 Å². The minimum Gasteiger partial charge on any atom is -0.391 e. The summed E-state index contributed by atoms with van der Waals surface area (Å²) in [7, 11) is 0. The molecule has 2 aromatic carbocycles. The topological polar surface area (TPSA) is 212 Å². The number of benzene rings is 2. The molecule has 6 N–H and O–H groups in total. The number of carbonyl (C=O) groups excluding carboxylic acids is 6. The van der Waals surface area contributed by atoms with Gasteiger partial charge in [0.25, 0.3) is 5.91 Å². The Bertz CT molecular complexity index is 1820. The third-order valence-corrected chi connectivity index (χ3v) is 9.58. The zero-order valence-corrected chi connectivity index (χ0v) is 31.0. The molecule has 6 atom stereocenters. The van der Waals surface area contributed by atoms with Gasteiger partial charge in [0.05, 0.1) is 6.10 Å². The fraction of sp³-hybridized carbons (Fsp3) is 0.462. The van der Waals surface area contributed by atoms with Gasteiger partial charge in [-0.15, -0.1) is 0 Å². The minimum atomic E-state index is -1.18. The largest absolute Gasteiger partial charge is 0.391 e. The van der Waals surface area contributed by atoms with Crippen LogP contribution >= 0.6 is 0 Å². The summed E-state index contributed by atoms with van der Waals surface area (Å²) in [6.45, 7) is 6.82. The van der Waals surface area contributed by atoms with E-state index in [0.29, 0.717) is 11.3 Å². The molecule has 2 saturated heterocycles. The monoisotopic (exact) mass is 743 g/mol. The number of rotatable bonds is 7. The van der Waals surface area contributed by atoms with Crippen molar-refractivity contribution in [2.45, 2.75) is 96.1 Å². The lowest BCUT2D eigenvalue weighted by molar-refractivity contribution is -0.141. The summed E-state index contributed by atoms with van der Waals surface area (Å²) < 4.78 is 5.39. The number of hydrogen-bond acceptors (Lipinski definition) is 9. The van der Waals surface area contributed by atoms with Gasteiger partial charge >= 0.3 is 0 Å². The Hall–Kier alpha value is -5.57. The van der Waals surface area contributed by atoms with E-state index >= 15 is 0 Å². The molecule has 15 nitrogen and oxygen atoms in total. The predicted molar refractivity (Wildman–Crippen MR) is 197 cm³/mol. The van der Waals surface area contributed by atoms with Crippen molar-refractivity contribution in [2.24, 2.45) is 5.92 Å². The standard InChI is InChI=1S/C39H49N7O8/c1-22(2)18-29-35(49)41-23(3)39(53)46-21-27(47)20-31(46)37(51)40-17-11-16-28(34(48)44-30(36(50)43-29)19-25-12-7-5-8-13-25)42-38(52)32-24(4)54-45-33(32)26-14-9-6-10-15-26/h5-10,12-15,22-23,27-31,47H,11,16-21H2,1-4H3,(H,40,51)(H,41,49)(H,42,52)(H,43,50)(H,44,48)/t23-,27+,28-,29-,30+,31-/m0/s1. The molecule has 2 aliphatic rings. The number of aliphatic hydroxyl groups is 1. The molecule has 2 fully saturated rings. The van der Waals surface area contributed by atoms with Crippen molar-refractivity contribution in [2.75, 3.05) is 13.1 Å². The molecule has 54 heavy (non-hydrogen) atoms. The zero-order valence-electron chi connectivity index (χ0n) is 31.0. The van der Waals surface area contributed by atoms with Crippen LogP contribution in [0.25, 0.3) is 11.3 Å². The average Bonchev–Trinajstić information content (AvgIpc) is 3.74. The van der Waals surface area contributed by atoms with Gasteiger partial charge in [0.2, 0.25) is 29.5 Å². The Morgan fingerprint density at radius 1 is 0.926 bits per heavy atom. The fourth-order valence-electron chi connectivity index (χ4n) is 6.80. The normalized spacial score (nSPS) is 24.8. The lowest BCUT2D eigenvalue weighted by Gasteiger charge is -2.29. The van der Waals surface area contributed by atoms with E-state index in [1.54, 1.807) is 55.5 Å². The van der Waals surface area contributed by atoms with Crippen LogP contribution < -0.4 is 26.6 Å². The van der Waals surface area contributed by atoms with Gasteiger partial charge in [0, 0.05) is 31.5 Å². The van der Waals surface area contributed by atoms with Crippen LogP contribution in [0.1, 0.15) is 68.1 Å². The minimum absolute atomic E-state index is 0.00992. The maximum atomic E-state index is 14.2. The highest BCUT2D eigenvalue weighted by molar-refractivity contribution is 6.03. The molecule has 1 aromatic heterocycles. The van der Waals surface area contributed by atoms with Crippen molar-refractivity contribution < 1.29 is 38.4 Å². The molecule has 288 valence electrons. The Morgan fingerprint density at radius 2 is 1.57 bits per heavy atom. The number of nitrogens with zero attached hydrogens (tertiary/aromatic N) is 2. The average molecular weight is 744 g/mol. The van der Waals surface area contributed by atoms with Gasteiger partial charge in [0.1, 0.15) is 47.2 Å². The molecule has 15 heteroatoms. The molecule has 6 amide bonds. The Labute approximate surface area is 314 Å². The Kier molecular flexibility index (Phi) is 13.2. The maximum Gasteiger partial charge on any atom is 0.257 e. The number of hydrogen-bond donors (Lipinski definition) is 6. The summed E-state index contributed by atoms with van der Waals surface area (Å²) in [5.41, 5.74) is 1.81. The molecular weight excluding hydrogens is 694 g/mol. The molecule has 0 bridgehead atoms. The van der Waals surface area contributed by atoms with Gasteiger partial charge < -0.3 is 41.1 Å². The quantitative estimate of drug-likeness (QED) is 0.206.